The minimum absolute atomic E-state index is 0.00156. The summed E-state index contributed by atoms with van der Waals surface area (Å²) in [5, 5.41) is 0. The number of aromatic nitrogens is 2. The molecule has 2 N–H and O–H groups in total. The molecule has 1 aromatic carbocycles. The van der Waals surface area contributed by atoms with E-state index in [1.54, 1.807) is 24.4 Å². The Kier molecular flexibility index (Phi) is 5.75. The second-order valence-corrected chi connectivity index (χ2v) is 7.24. The van der Waals surface area contributed by atoms with Crippen LogP contribution in [0.4, 0.5) is 16.2 Å². The summed E-state index contributed by atoms with van der Waals surface area (Å²) in [4.78, 5) is 25.0. The summed E-state index contributed by atoms with van der Waals surface area (Å²) >= 11 is 0. The van der Waals surface area contributed by atoms with Crippen molar-refractivity contribution in [2.45, 2.75) is 25.0 Å². The highest BCUT2D eigenvalue weighted by Gasteiger charge is 2.34. The maximum Gasteiger partial charge on any atom is 0.248 e. The first kappa shape index (κ1) is 19.4. The molecule has 9 heteroatoms. The van der Waals surface area contributed by atoms with Gasteiger partial charge in [-0.2, -0.15) is 4.98 Å². The molecule has 2 aliphatic rings. The van der Waals surface area contributed by atoms with E-state index in [4.69, 9.17) is 15.2 Å². The fraction of sp³-hybridized carbons (Fsp3) is 0.450. The van der Waals surface area contributed by atoms with E-state index in [-0.39, 0.29) is 30.5 Å². The van der Waals surface area contributed by atoms with Gasteiger partial charge in [0.1, 0.15) is 36.7 Å². The molecule has 1 unspecified atom stereocenters. The smallest absolute Gasteiger partial charge is 0.248 e. The van der Waals surface area contributed by atoms with Gasteiger partial charge < -0.3 is 25.0 Å². The van der Waals surface area contributed by atoms with Gasteiger partial charge in [0.15, 0.2) is 0 Å². The van der Waals surface area contributed by atoms with Crippen LogP contribution in [0.2, 0.25) is 0 Å². The number of morpholine rings is 1. The van der Waals surface area contributed by atoms with Crippen molar-refractivity contribution in [1.82, 2.24) is 14.9 Å². The summed E-state index contributed by atoms with van der Waals surface area (Å²) < 4.78 is 24.3. The molecule has 1 atom stereocenters. The number of ether oxygens (including phenoxy) is 2. The highest BCUT2D eigenvalue weighted by Crippen LogP contribution is 2.23. The van der Waals surface area contributed by atoms with Crippen molar-refractivity contribution in [2.24, 2.45) is 0 Å². The highest BCUT2D eigenvalue weighted by atomic mass is 19.1. The Bertz CT molecular complexity index is 842. The van der Waals surface area contributed by atoms with Crippen LogP contribution in [0, 0.1) is 5.82 Å². The molecule has 4 rings (SSSR count). The molecule has 2 fully saturated rings. The lowest BCUT2D eigenvalue weighted by atomic mass is 10.0. The van der Waals surface area contributed by atoms with Gasteiger partial charge in [-0.3, -0.25) is 4.79 Å². The van der Waals surface area contributed by atoms with Gasteiger partial charge >= 0.3 is 0 Å². The first-order chi connectivity index (χ1) is 14.1. The van der Waals surface area contributed by atoms with Crippen LogP contribution >= 0.6 is 0 Å². The number of hydrogen-bond donors (Lipinski definition) is 1. The molecule has 0 bridgehead atoms. The number of nitrogen functional groups attached to an aromatic ring is 1. The molecule has 3 heterocycles. The molecule has 8 nitrogen and oxygen atoms in total. The van der Waals surface area contributed by atoms with Gasteiger partial charge in [0, 0.05) is 25.3 Å². The van der Waals surface area contributed by atoms with E-state index in [2.05, 4.69) is 14.9 Å². The monoisotopic (exact) mass is 401 g/mol. The van der Waals surface area contributed by atoms with E-state index in [1.807, 2.05) is 4.90 Å². The van der Waals surface area contributed by atoms with Crippen LogP contribution in [-0.2, 0) is 9.53 Å². The molecule has 2 aliphatic heterocycles. The number of nitrogens with zero attached hydrogens (tertiary/aromatic N) is 4. The molecule has 2 saturated heterocycles. The lowest BCUT2D eigenvalue weighted by Crippen LogP contribution is -2.55. The van der Waals surface area contributed by atoms with Crippen molar-refractivity contribution >= 4 is 17.7 Å². The third-order valence-electron chi connectivity index (χ3n) is 5.27. The fourth-order valence-corrected chi connectivity index (χ4v) is 3.71. The van der Waals surface area contributed by atoms with Gasteiger partial charge in [-0.05, 0) is 43.2 Å². The minimum atomic E-state index is -0.307. The summed E-state index contributed by atoms with van der Waals surface area (Å²) in [6.45, 7) is 2.37. The second kappa shape index (κ2) is 8.60. The number of nitrogens with two attached hydrogens (primary N) is 1. The Hall–Kier alpha value is -2.94. The molecule has 29 heavy (non-hydrogen) atoms. The van der Waals surface area contributed by atoms with Gasteiger partial charge in [-0.15, -0.1) is 0 Å². The van der Waals surface area contributed by atoms with Crippen LogP contribution in [0.1, 0.15) is 12.8 Å². The van der Waals surface area contributed by atoms with Crippen LogP contribution in [0.5, 0.6) is 5.75 Å². The topological polar surface area (TPSA) is 93.8 Å². The molecule has 154 valence electrons. The van der Waals surface area contributed by atoms with Crippen LogP contribution < -0.4 is 15.4 Å². The number of piperidine rings is 1. The maximum atomic E-state index is 13.0. The van der Waals surface area contributed by atoms with Crippen molar-refractivity contribution in [3.63, 3.8) is 0 Å². The van der Waals surface area contributed by atoms with Crippen molar-refractivity contribution in [1.29, 1.82) is 0 Å². The number of rotatable bonds is 5. The number of halogens is 1. The van der Waals surface area contributed by atoms with Crippen molar-refractivity contribution in [3.05, 3.63) is 42.3 Å². The van der Waals surface area contributed by atoms with Crippen molar-refractivity contribution < 1.29 is 18.7 Å². The van der Waals surface area contributed by atoms with Gasteiger partial charge in [0.05, 0.1) is 6.54 Å². The summed E-state index contributed by atoms with van der Waals surface area (Å²) in [6.07, 6.45) is 3.10. The average molecular weight is 401 g/mol. The molecule has 0 aliphatic carbocycles. The summed E-state index contributed by atoms with van der Waals surface area (Å²) in [7, 11) is 0. The Morgan fingerprint density at radius 1 is 1.21 bits per heavy atom. The van der Waals surface area contributed by atoms with Crippen LogP contribution in [0.25, 0.3) is 0 Å². The molecule has 1 aromatic heterocycles. The van der Waals surface area contributed by atoms with Gasteiger partial charge in [-0.25, -0.2) is 9.37 Å². The third kappa shape index (κ3) is 4.73. The van der Waals surface area contributed by atoms with Crippen molar-refractivity contribution in [2.75, 3.05) is 43.5 Å². The van der Waals surface area contributed by atoms with Crippen LogP contribution in [0.15, 0.2) is 36.5 Å². The van der Waals surface area contributed by atoms with Gasteiger partial charge in [0.2, 0.25) is 11.9 Å². The largest absolute Gasteiger partial charge is 0.491 e. The SMILES string of the molecule is Nc1ccnc(N2CCC(N3CC(COc4ccc(F)cc4)OCC3=O)CC2)n1. The van der Waals surface area contributed by atoms with E-state index >= 15 is 0 Å². The van der Waals surface area contributed by atoms with Crippen molar-refractivity contribution in [3.8, 4) is 5.75 Å². The number of carbonyl (C=O) groups is 1. The quantitative estimate of drug-likeness (QED) is 0.811. The highest BCUT2D eigenvalue weighted by molar-refractivity contribution is 5.78. The fourth-order valence-electron chi connectivity index (χ4n) is 3.71. The van der Waals surface area contributed by atoms with E-state index in [1.165, 1.54) is 12.1 Å². The number of amides is 1. The number of benzene rings is 1. The van der Waals surface area contributed by atoms with Crippen LogP contribution in [-0.4, -0.2) is 65.8 Å². The molecule has 0 spiro atoms. The Morgan fingerprint density at radius 2 is 1.97 bits per heavy atom. The van der Waals surface area contributed by atoms with Crippen LogP contribution in [0.3, 0.4) is 0 Å². The molecule has 0 radical (unpaired) electrons. The predicted molar refractivity (Wildman–Crippen MR) is 105 cm³/mol. The number of carbonyl (C=O) groups excluding carboxylic acids is 1. The minimum Gasteiger partial charge on any atom is -0.491 e. The first-order valence-corrected chi connectivity index (χ1v) is 9.71. The molecule has 1 amide bonds. The Balaban J connectivity index is 1.31. The number of anilines is 2. The second-order valence-electron chi connectivity index (χ2n) is 7.24. The van der Waals surface area contributed by atoms with Gasteiger partial charge in [-0.1, -0.05) is 0 Å². The van der Waals surface area contributed by atoms with Gasteiger partial charge in [0.25, 0.3) is 0 Å². The maximum absolute atomic E-state index is 13.0. The first-order valence-electron chi connectivity index (χ1n) is 9.71. The Labute approximate surface area is 168 Å². The summed E-state index contributed by atoms with van der Waals surface area (Å²) in [5.74, 6) is 1.35. The Morgan fingerprint density at radius 3 is 2.69 bits per heavy atom. The van der Waals surface area contributed by atoms with E-state index < -0.39 is 0 Å². The van der Waals surface area contributed by atoms with E-state index in [0.717, 1.165) is 25.9 Å². The zero-order chi connectivity index (χ0) is 20.2. The van der Waals surface area contributed by atoms with E-state index in [0.29, 0.717) is 30.7 Å². The lowest BCUT2D eigenvalue weighted by Gasteiger charge is -2.42. The third-order valence-corrected chi connectivity index (χ3v) is 5.27. The summed E-state index contributed by atoms with van der Waals surface area (Å²) in [5.41, 5.74) is 5.75. The zero-order valence-corrected chi connectivity index (χ0v) is 16.0. The zero-order valence-electron chi connectivity index (χ0n) is 16.0. The molecular formula is C20H24FN5O3. The standard InChI is InChI=1S/C20H24FN5O3/c21-14-1-3-16(4-2-14)28-12-17-11-26(19(27)13-29-17)15-6-9-25(10-7-15)20-23-8-5-18(22)24-20/h1-5,8,15,17H,6-7,9-13H2,(H2,22,23,24). The predicted octanol–water partition coefficient (Wildman–Crippen LogP) is 1.47. The summed E-state index contributed by atoms with van der Waals surface area (Å²) in [6, 6.07) is 7.67. The molecular weight excluding hydrogens is 377 g/mol. The number of hydrogen-bond acceptors (Lipinski definition) is 7. The molecule has 2 aromatic rings. The normalized spacial score (nSPS) is 20.7. The molecule has 0 saturated carbocycles. The van der Waals surface area contributed by atoms with E-state index in [9.17, 15) is 9.18 Å². The average Bonchev–Trinajstić information content (AvgIpc) is 2.74. The lowest BCUT2D eigenvalue weighted by molar-refractivity contribution is -0.154.